The third-order valence-corrected chi connectivity index (χ3v) is 3.73. The number of hydrogen-bond donors (Lipinski definition) is 0. The van der Waals surface area contributed by atoms with E-state index in [1.54, 1.807) is 13.0 Å². The molecule has 1 atom stereocenters. The van der Waals surface area contributed by atoms with E-state index in [0.29, 0.717) is 22.8 Å². The molecule has 0 spiro atoms. The van der Waals surface area contributed by atoms with Gasteiger partial charge in [-0.1, -0.05) is 12.1 Å². The van der Waals surface area contributed by atoms with Gasteiger partial charge in [-0.2, -0.15) is 0 Å². The van der Waals surface area contributed by atoms with Gasteiger partial charge in [-0.25, -0.2) is 4.79 Å². The van der Waals surface area contributed by atoms with Gasteiger partial charge in [0.1, 0.15) is 6.10 Å². The molecule has 0 amide bonds. The monoisotopic (exact) mass is 361 g/mol. The molecule has 0 saturated carbocycles. The average molecular weight is 361 g/mol. The number of nitro groups is 1. The lowest BCUT2D eigenvalue weighted by molar-refractivity contribution is -0.385. The Morgan fingerprint density at radius 2 is 1.65 bits per heavy atom. The maximum Gasteiger partial charge on any atom is 0.339 e. The smallest absolute Gasteiger partial charge is 0.339 e. The highest BCUT2D eigenvalue weighted by Gasteiger charge is 2.20. The first-order valence-electron chi connectivity index (χ1n) is 7.66. The maximum absolute atomic E-state index is 12.5. The van der Waals surface area contributed by atoms with E-state index in [-0.39, 0.29) is 11.3 Å². The van der Waals surface area contributed by atoms with E-state index in [1.807, 2.05) is 0 Å². The molecular formula is C18H19NO7. The number of esters is 1. The van der Waals surface area contributed by atoms with Crippen molar-refractivity contribution in [3.8, 4) is 17.2 Å². The Morgan fingerprint density at radius 1 is 1.04 bits per heavy atom. The van der Waals surface area contributed by atoms with E-state index in [0.717, 1.165) is 0 Å². The minimum Gasteiger partial charge on any atom is -0.493 e. The largest absolute Gasteiger partial charge is 0.493 e. The van der Waals surface area contributed by atoms with Crippen LogP contribution in [0.3, 0.4) is 0 Å². The summed E-state index contributed by atoms with van der Waals surface area (Å²) in [6.45, 7) is 1.63. The van der Waals surface area contributed by atoms with Crippen LogP contribution in [-0.4, -0.2) is 32.2 Å². The first kappa shape index (κ1) is 19.0. The van der Waals surface area contributed by atoms with Crippen LogP contribution in [0.25, 0.3) is 0 Å². The van der Waals surface area contributed by atoms with Crippen molar-refractivity contribution in [3.63, 3.8) is 0 Å². The minimum atomic E-state index is -0.679. The summed E-state index contributed by atoms with van der Waals surface area (Å²) in [4.78, 5) is 22.9. The highest BCUT2D eigenvalue weighted by Crippen LogP contribution is 2.38. The van der Waals surface area contributed by atoms with Gasteiger partial charge >= 0.3 is 5.97 Å². The molecule has 0 aliphatic rings. The highest BCUT2D eigenvalue weighted by molar-refractivity contribution is 5.91. The maximum atomic E-state index is 12.5. The molecule has 2 rings (SSSR count). The predicted octanol–water partition coefficient (Wildman–Crippen LogP) is 3.54. The topological polar surface area (TPSA) is 97.1 Å². The van der Waals surface area contributed by atoms with Crippen molar-refractivity contribution in [2.45, 2.75) is 13.0 Å². The van der Waals surface area contributed by atoms with E-state index in [9.17, 15) is 14.9 Å². The number of methoxy groups -OCH3 is 3. The van der Waals surface area contributed by atoms with Gasteiger partial charge in [-0.3, -0.25) is 10.1 Å². The van der Waals surface area contributed by atoms with Crippen LogP contribution >= 0.6 is 0 Å². The number of nitrogens with zero attached hydrogens (tertiary/aromatic N) is 1. The van der Waals surface area contributed by atoms with Crippen LogP contribution in [-0.2, 0) is 4.74 Å². The van der Waals surface area contributed by atoms with Gasteiger partial charge in [0, 0.05) is 12.1 Å². The molecule has 2 aromatic rings. The highest BCUT2D eigenvalue weighted by atomic mass is 16.6. The number of non-ortho nitro benzene ring substituents is 1. The van der Waals surface area contributed by atoms with Crippen molar-refractivity contribution in [1.82, 2.24) is 0 Å². The van der Waals surface area contributed by atoms with Crippen LogP contribution in [0.1, 0.15) is 28.9 Å². The fourth-order valence-corrected chi connectivity index (χ4v) is 2.39. The summed E-state index contributed by atoms with van der Waals surface area (Å²) < 4.78 is 21.1. The number of carbonyl (C=O) groups is 1. The van der Waals surface area contributed by atoms with E-state index in [1.165, 1.54) is 51.7 Å². The summed E-state index contributed by atoms with van der Waals surface area (Å²) in [7, 11) is 4.35. The van der Waals surface area contributed by atoms with Crippen LogP contribution in [0, 0.1) is 10.1 Å². The van der Waals surface area contributed by atoms with Crippen molar-refractivity contribution in [2.75, 3.05) is 21.3 Å². The lowest BCUT2D eigenvalue weighted by Crippen LogP contribution is -2.10. The molecule has 0 fully saturated rings. The van der Waals surface area contributed by atoms with E-state index < -0.39 is 17.0 Å². The Bertz CT molecular complexity index is 794. The summed E-state index contributed by atoms with van der Waals surface area (Å²) in [6, 6.07) is 8.88. The molecule has 0 radical (unpaired) electrons. The quantitative estimate of drug-likeness (QED) is 0.423. The van der Waals surface area contributed by atoms with Gasteiger partial charge in [-0.15, -0.1) is 0 Å². The van der Waals surface area contributed by atoms with Gasteiger partial charge in [0.15, 0.2) is 11.5 Å². The Kier molecular flexibility index (Phi) is 6.00. The van der Waals surface area contributed by atoms with Crippen molar-refractivity contribution < 1.29 is 28.7 Å². The molecule has 26 heavy (non-hydrogen) atoms. The Labute approximate surface area is 150 Å². The molecular weight excluding hydrogens is 342 g/mol. The zero-order valence-corrected chi connectivity index (χ0v) is 14.8. The van der Waals surface area contributed by atoms with E-state index in [4.69, 9.17) is 18.9 Å². The average Bonchev–Trinajstić information content (AvgIpc) is 2.66. The predicted molar refractivity (Wildman–Crippen MR) is 93.0 cm³/mol. The molecule has 8 heteroatoms. The number of nitro benzene ring substituents is 1. The fourth-order valence-electron chi connectivity index (χ4n) is 2.39. The lowest BCUT2D eigenvalue weighted by Gasteiger charge is -2.16. The van der Waals surface area contributed by atoms with Gasteiger partial charge in [0.05, 0.1) is 31.8 Å². The first-order valence-corrected chi connectivity index (χ1v) is 7.66. The van der Waals surface area contributed by atoms with Crippen LogP contribution < -0.4 is 14.2 Å². The summed E-state index contributed by atoms with van der Waals surface area (Å²) in [5.74, 6) is 0.380. The molecule has 2 aromatic carbocycles. The molecule has 0 heterocycles. The van der Waals surface area contributed by atoms with Gasteiger partial charge in [0.25, 0.3) is 5.69 Å². The van der Waals surface area contributed by atoms with Crippen molar-refractivity contribution in [1.29, 1.82) is 0 Å². The zero-order valence-electron chi connectivity index (χ0n) is 14.8. The Morgan fingerprint density at radius 3 is 2.15 bits per heavy atom. The molecule has 0 N–H and O–H groups in total. The van der Waals surface area contributed by atoms with Crippen LogP contribution in [0.15, 0.2) is 36.4 Å². The first-order chi connectivity index (χ1) is 12.4. The van der Waals surface area contributed by atoms with Gasteiger partial charge < -0.3 is 18.9 Å². The fraction of sp³-hybridized carbons (Fsp3) is 0.278. The van der Waals surface area contributed by atoms with Crippen LogP contribution in [0.5, 0.6) is 17.2 Å². The SMILES string of the molecule is COc1cc(C(=O)OC(C)c2cccc([N+](=O)[O-])c2)cc(OC)c1OC. The van der Waals surface area contributed by atoms with Gasteiger partial charge in [-0.05, 0) is 24.6 Å². The Hall–Kier alpha value is -3.29. The summed E-state index contributed by atoms with van der Waals surface area (Å²) in [5.41, 5.74) is 0.648. The molecule has 0 saturated heterocycles. The van der Waals surface area contributed by atoms with E-state index in [2.05, 4.69) is 0 Å². The lowest BCUT2D eigenvalue weighted by atomic mass is 10.1. The number of rotatable bonds is 7. The molecule has 0 aliphatic heterocycles. The van der Waals surface area contributed by atoms with Crippen molar-refractivity contribution >= 4 is 11.7 Å². The second-order valence-electron chi connectivity index (χ2n) is 5.31. The summed E-state index contributed by atoms with van der Waals surface area (Å²) in [6.07, 6.45) is -0.679. The zero-order chi connectivity index (χ0) is 19.3. The number of benzene rings is 2. The van der Waals surface area contributed by atoms with E-state index >= 15 is 0 Å². The van der Waals surface area contributed by atoms with Gasteiger partial charge in [0.2, 0.25) is 5.75 Å². The molecule has 138 valence electrons. The number of hydrogen-bond acceptors (Lipinski definition) is 7. The van der Waals surface area contributed by atoms with Crippen molar-refractivity contribution in [3.05, 3.63) is 57.6 Å². The molecule has 1 unspecified atom stereocenters. The number of ether oxygens (including phenoxy) is 4. The molecule has 0 aromatic heterocycles. The second kappa shape index (κ2) is 8.19. The molecule has 8 nitrogen and oxygen atoms in total. The van der Waals surface area contributed by atoms with Crippen molar-refractivity contribution in [2.24, 2.45) is 0 Å². The normalized spacial score (nSPS) is 11.4. The van der Waals surface area contributed by atoms with Crippen LogP contribution in [0.4, 0.5) is 5.69 Å². The second-order valence-corrected chi connectivity index (χ2v) is 5.31. The molecule has 0 bridgehead atoms. The summed E-state index contributed by atoms with van der Waals surface area (Å²) in [5, 5.41) is 10.9. The minimum absolute atomic E-state index is 0.0711. The van der Waals surface area contributed by atoms with Crippen LogP contribution in [0.2, 0.25) is 0 Å². The number of carbonyl (C=O) groups excluding carboxylic acids is 1. The third kappa shape index (κ3) is 4.02. The third-order valence-electron chi connectivity index (χ3n) is 3.73. The standard InChI is InChI=1S/C18H19NO7/c1-11(12-6-5-7-14(8-12)19(21)22)26-18(20)13-9-15(23-2)17(25-4)16(10-13)24-3/h5-11H,1-4H3. The Balaban J connectivity index is 2.26. The summed E-state index contributed by atoms with van der Waals surface area (Å²) >= 11 is 0. The molecule has 0 aliphatic carbocycles.